The molecule has 0 radical (unpaired) electrons. The number of nitrogens with two attached hydrogens (primary N) is 1. The van der Waals surface area contributed by atoms with Gasteiger partial charge in [-0.3, -0.25) is 9.78 Å². The van der Waals surface area contributed by atoms with Gasteiger partial charge in [0.05, 0.1) is 11.6 Å². The maximum atomic E-state index is 13.0. The third-order valence-corrected chi connectivity index (χ3v) is 7.79. The normalized spacial score (nSPS) is 19.9. The molecule has 3 aromatic heterocycles. The number of aromatic nitrogens is 3. The number of aryl methyl sites for hydroxylation is 1. The predicted molar refractivity (Wildman–Crippen MR) is 148 cm³/mol. The highest BCUT2D eigenvalue weighted by molar-refractivity contribution is 5.70. The molecule has 4 N–H and O–H groups in total. The minimum absolute atomic E-state index is 0.101. The van der Waals surface area contributed by atoms with Crippen molar-refractivity contribution in [3.63, 3.8) is 0 Å². The summed E-state index contributed by atoms with van der Waals surface area (Å²) in [6.45, 7) is 4.10. The molecule has 0 aliphatic heterocycles. The number of nitrogens with one attached hydrogen (secondary N) is 1. The molecule has 39 heavy (non-hydrogen) atoms. The van der Waals surface area contributed by atoms with Gasteiger partial charge >= 0.3 is 5.97 Å². The Hall–Kier alpha value is -3.46. The monoisotopic (exact) mass is 537 g/mol. The van der Waals surface area contributed by atoms with Crippen LogP contribution in [0.5, 0.6) is 0 Å². The summed E-state index contributed by atoms with van der Waals surface area (Å²) in [7, 11) is 0. The highest BCUT2D eigenvalue weighted by atomic mass is 19.3. The van der Waals surface area contributed by atoms with Crippen LogP contribution in [0.15, 0.2) is 48.8 Å². The van der Waals surface area contributed by atoms with Gasteiger partial charge in [-0.2, -0.15) is 0 Å². The lowest BCUT2D eigenvalue weighted by Crippen LogP contribution is -2.27. The summed E-state index contributed by atoms with van der Waals surface area (Å²) in [5.41, 5.74) is 8.80. The van der Waals surface area contributed by atoms with E-state index in [-0.39, 0.29) is 17.4 Å². The van der Waals surface area contributed by atoms with Crippen molar-refractivity contribution in [3.05, 3.63) is 65.6 Å². The molecule has 7 nitrogen and oxygen atoms in total. The van der Waals surface area contributed by atoms with Crippen LogP contribution in [0.2, 0.25) is 0 Å². The topological polar surface area (TPSA) is 114 Å². The van der Waals surface area contributed by atoms with E-state index in [1.54, 1.807) is 6.20 Å². The van der Waals surface area contributed by atoms with Crippen molar-refractivity contribution in [2.24, 2.45) is 17.6 Å². The van der Waals surface area contributed by atoms with Gasteiger partial charge in [-0.1, -0.05) is 13.3 Å². The Labute approximate surface area is 228 Å². The van der Waals surface area contributed by atoms with Crippen LogP contribution >= 0.6 is 0 Å². The number of hydrogen-bond donors (Lipinski definition) is 3. The number of carbonyl (C=O) groups is 1. The van der Waals surface area contributed by atoms with Crippen LogP contribution in [-0.4, -0.2) is 32.1 Å². The Morgan fingerprint density at radius 1 is 1.03 bits per heavy atom. The maximum Gasteiger partial charge on any atom is 0.306 e. The summed E-state index contributed by atoms with van der Waals surface area (Å²) >= 11 is 0. The van der Waals surface area contributed by atoms with Gasteiger partial charge in [0.25, 0.3) is 6.43 Å². The number of pyridine rings is 3. The molecule has 2 aliphatic carbocycles. The summed E-state index contributed by atoms with van der Waals surface area (Å²) in [6.07, 6.45) is 7.72. The van der Waals surface area contributed by atoms with E-state index in [1.807, 2.05) is 31.2 Å². The lowest BCUT2D eigenvalue weighted by atomic mass is 9.75. The Morgan fingerprint density at radius 2 is 1.74 bits per heavy atom. The van der Waals surface area contributed by atoms with Crippen molar-refractivity contribution in [1.29, 1.82) is 0 Å². The molecule has 0 aromatic carbocycles. The van der Waals surface area contributed by atoms with Crippen LogP contribution < -0.4 is 11.1 Å². The van der Waals surface area contributed by atoms with E-state index in [1.165, 1.54) is 37.6 Å². The number of halogens is 2. The summed E-state index contributed by atoms with van der Waals surface area (Å²) in [5.74, 6) is 0.592. The first-order chi connectivity index (χ1) is 18.7. The summed E-state index contributed by atoms with van der Waals surface area (Å²) in [5, 5.41) is 12.2. The molecule has 1 atom stereocenters. The number of carboxylic acids is 1. The first-order valence-corrected chi connectivity index (χ1v) is 13.6. The van der Waals surface area contributed by atoms with E-state index in [0.717, 1.165) is 48.2 Å². The molecule has 0 amide bonds. The molecule has 1 unspecified atom stereocenters. The molecular weight excluding hydrogens is 500 g/mol. The molecule has 0 saturated heterocycles. The van der Waals surface area contributed by atoms with Gasteiger partial charge in [0, 0.05) is 41.2 Å². The van der Waals surface area contributed by atoms with Crippen molar-refractivity contribution in [2.45, 2.75) is 77.2 Å². The Morgan fingerprint density at radius 3 is 2.31 bits per heavy atom. The minimum atomic E-state index is -2.57. The Bertz CT molecular complexity index is 1240. The van der Waals surface area contributed by atoms with Gasteiger partial charge in [0.2, 0.25) is 0 Å². The van der Waals surface area contributed by atoms with Gasteiger partial charge in [0.1, 0.15) is 11.6 Å². The number of hydrogen-bond acceptors (Lipinski definition) is 6. The van der Waals surface area contributed by atoms with E-state index in [4.69, 9.17) is 5.73 Å². The Kier molecular flexibility index (Phi) is 9.56. The molecule has 2 saturated carbocycles. The second-order valence-electron chi connectivity index (χ2n) is 10.7. The van der Waals surface area contributed by atoms with Crippen LogP contribution in [0.25, 0.3) is 11.3 Å². The molecular formula is C30H37F2N5O2. The fourth-order valence-electron chi connectivity index (χ4n) is 5.04. The van der Waals surface area contributed by atoms with Gasteiger partial charge < -0.3 is 16.2 Å². The van der Waals surface area contributed by atoms with Gasteiger partial charge in [-0.15, -0.1) is 0 Å². The molecule has 0 bridgehead atoms. The van der Waals surface area contributed by atoms with Gasteiger partial charge in [-0.25, -0.2) is 18.7 Å². The molecule has 3 heterocycles. The fraction of sp³-hybridized carbons (Fsp3) is 0.467. The molecule has 3 aromatic rings. The zero-order valence-electron chi connectivity index (χ0n) is 22.5. The molecule has 2 aliphatic rings. The highest BCUT2D eigenvalue weighted by Gasteiger charge is 2.29. The van der Waals surface area contributed by atoms with Crippen LogP contribution in [0.4, 0.5) is 20.4 Å². The molecule has 5 rings (SSSR count). The second-order valence-corrected chi connectivity index (χ2v) is 10.7. The van der Waals surface area contributed by atoms with E-state index < -0.39 is 12.4 Å². The maximum absolute atomic E-state index is 13.0. The standard InChI is InChI=1S/C26H28F2N4O2.C4H9N/c1-15-11-22(31-24(12-15)32-23-13-19(25(27)28)9-10-29-23)20-7-8-21(30-14-20)16(2)17-3-5-18(6-4-17)26(33)34;5-4-2-1-3-4/h7-14,16-18,25H,3-6H2,1-2H3,(H,33,34)(H,29,31,32);4H,1-3,5H2. The zero-order valence-corrected chi connectivity index (χ0v) is 22.5. The third-order valence-electron chi connectivity index (χ3n) is 7.79. The number of nitrogens with zero attached hydrogens (tertiary/aromatic N) is 3. The smallest absolute Gasteiger partial charge is 0.306 e. The number of aliphatic carboxylic acids is 1. The van der Waals surface area contributed by atoms with Crippen molar-refractivity contribution < 1.29 is 18.7 Å². The summed E-state index contributed by atoms with van der Waals surface area (Å²) in [6, 6.07) is 10.9. The zero-order chi connectivity index (χ0) is 27.9. The van der Waals surface area contributed by atoms with Crippen LogP contribution in [-0.2, 0) is 4.79 Å². The van der Waals surface area contributed by atoms with Crippen LogP contribution in [0, 0.1) is 18.8 Å². The first-order valence-electron chi connectivity index (χ1n) is 13.6. The average Bonchev–Trinajstić information content (AvgIpc) is 2.92. The van der Waals surface area contributed by atoms with Crippen molar-refractivity contribution >= 4 is 17.6 Å². The van der Waals surface area contributed by atoms with Crippen molar-refractivity contribution in [2.75, 3.05) is 5.32 Å². The summed E-state index contributed by atoms with van der Waals surface area (Å²) in [4.78, 5) is 24.6. The summed E-state index contributed by atoms with van der Waals surface area (Å²) < 4.78 is 26.0. The van der Waals surface area contributed by atoms with E-state index >= 15 is 0 Å². The SMILES string of the molecule is Cc1cc(Nc2cc(C(F)F)ccn2)nc(-c2ccc(C(C)C3CCC(C(=O)O)CC3)nc2)c1.NC1CCC1. The Balaban J connectivity index is 0.000000634. The quantitative estimate of drug-likeness (QED) is 0.297. The van der Waals surface area contributed by atoms with Gasteiger partial charge in [-0.05, 0) is 93.3 Å². The number of alkyl halides is 2. The third kappa shape index (κ3) is 7.79. The van der Waals surface area contributed by atoms with Crippen LogP contribution in [0.3, 0.4) is 0 Å². The van der Waals surface area contributed by atoms with Crippen molar-refractivity contribution in [1.82, 2.24) is 15.0 Å². The molecule has 208 valence electrons. The van der Waals surface area contributed by atoms with E-state index in [9.17, 15) is 18.7 Å². The minimum Gasteiger partial charge on any atom is -0.481 e. The predicted octanol–water partition coefficient (Wildman–Crippen LogP) is 7.02. The second kappa shape index (κ2) is 13.1. The number of anilines is 2. The fourth-order valence-corrected chi connectivity index (χ4v) is 5.04. The average molecular weight is 538 g/mol. The lowest BCUT2D eigenvalue weighted by Gasteiger charge is -2.30. The van der Waals surface area contributed by atoms with Crippen LogP contribution in [0.1, 0.15) is 81.0 Å². The van der Waals surface area contributed by atoms with Gasteiger partial charge in [0.15, 0.2) is 0 Å². The molecule has 0 spiro atoms. The molecule has 9 heteroatoms. The lowest BCUT2D eigenvalue weighted by molar-refractivity contribution is -0.143. The number of carboxylic acid groups (broad SMARTS) is 1. The van der Waals surface area contributed by atoms with E-state index in [0.29, 0.717) is 23.6 Å². The number of rotatable bonds is 7. The highest BCUT2D eigenvalue weighted by Crippen LogP contribution is 2.38. The van der Waals surface area contributed by atoms with E-state index in [2.05, 4.69) is 27.2 Å². The largest absolute Gasteiger partial charge is 0.481 e. The molecule has 2 fully saturated rings. The van der Waals surface area contributed by atoms with Crippen molar-refractivity contribution in [3.8, 4) is 11.3 Å². The first kappa shape index (κ1) is 28.5.